The van der Waals surface area contributed by atoms with E-state index in [2.05, 4.69) is 26.6 Å². The van der Waals surface area contributed by atoms with Gasteiger partial charge < -0.3 is 41.9 Å². The lowest BCUT2D eigenvalue weighted by Gasteiger charge is -2.22. The fourth-order valence-electron chi connectivity index (χ4n) is 3.04. The molecule has 37 heavy (non-hydrogen) atoms. The maximum atomic E-state index is 12.7. The molecule has 0 unspecified atom stereocenters. The van der Waals surface area contributed by atoms with Gasteiger partial charge in [-0.15, -0.1) is 0 Å². The molecule has 0 radical (unpaired) electrons. The van der Waals surface area contributed by atoms with Gasteiger partial charge in [-0.25, -0.2) is 4.79 Å². The molecule has 0 spiro atoms. The first kappa shape index (κ1) is 30.8. The molecule has 0 saturated carbocycles. The molecule has 14 heteroatoms. The van der Waals surface area contributed by atoms with Gasteiger partial charge in [0.25, 0.3) is 0 Å². The van der Waals surface area contributed by atoms with Crippen molar-refractivity contribution < 1.29 is 44.1 Å². The number of carboxylic acids is 1. The molecule has 0 aliphatic heterocycles. The Balaban J connectivity index is 2.62. The lowest BCUT2D eigenvalue weighted by Crippen LogP contribution is -2.56. The van der Waals surface area contributed by atoms with E-state index >= 15 is 0 Å². The minimum atomic E-state index is -1.55. The normalized spacial score (nSPS) is 14.6. The van der Waals surface area contributed by atoms with Crippen LogP contribution in [0, 0.1) is 0 Å². The summed E-state index contributed by atoms with van der Waals surface area (Å²) in [6.45, 7) is 4.53. The van der Waals surface area contributed by atoms with Crippen molar-refractivity contribution in [1.82, 2.24) is 26.6 Å². The van der Waals surface area contributed by atoms with Gasteiger partial charge >= 0.3 is 5.97 Å². The summed E-state index contributed by atoms with van der Waals surface area (Å²) < 4.78 is 0. The Morgan fingerprint density at radius 2 is 1.35 bits per heavy atom. The van der Waals surface area contributed by atoms with E-state index in [1.807, 2.05) is 0 Å². The molecule has 0 saturated heterocycles. The third kappa shape index (κ3) is 10.9. The van der Waals surface area contributed by atoms with Crippen molar-refractivity contribution in [3.8, 4) is 5.75 Å². The quantitative estimate of drug-likeness (QED) is 0.137. The van der Waals surface area contributed by atoms with Crippen LogP contribution in [0.3, 0.4) is 0 Å². The van der Waals surface area contributed by atoms with Gasteiger partial charge in [-0.1, -0.05) is 12.1 Å². The molecule has 1 aromatic carbocycles. The van der Waals surface area contributed by atoms with Crippen molar-refractivity contribution in [1.29, 1.82) is 0 Å². The predicted octanol–water partition coefficient (Wildman–Crippen LogP) is -2.48. The zero-order valence-corrected chi connectivity index (χ0v) is 20.9. The summed E-state index contributed by atoms with van der Waals surface area (Å²) in [5.74, 6) is -4.86. The van der Waals surface area contributed by atoms with Crippen molar-refractivity contribution in [2.45, 2.75) is 64.4 Å². The van der Waals surface area contributed by atoms with Crippen LogP contribution in [-0.4, -0.2) is 87.6 Å². The van der Waals surface area contributed by atoms with Crippen LogP contribution in [-0.2, 0) is 35.2 Å². The van der Waals surface area contributed by atoms with Crippen LogP contribution in [0.15, 0.2) is 24.3 Å². The number of carbonyl (C=O) groups excluding carboxylic acids is 5. The number of benzene rings is 1. The highest BCUT2D eigenvalue weighted by Gasteiger charge is 2.27. The number of aromatic hydroxyl groups is 1. The van der Waals surface area contributed by atoms with E-state index in [-0.39, 0.29) is 12.2 Å². The molecule has 8 N–H and O–H groups in total. The van der Waals surface area contributed by atoms with Gasteiger partial charge in [0.1, 0.15) is 23.9 Å². The number of hydrogen-bond donors (Lipinski definition) is 8. The number of phenols is 1. The van der Waals surface area contributed by atoms with Crippen molar-refractivity contribution in [3.05, 3.63) is 29.8 Å². The number of aliphatic carboxylic acids is 1. The number of aliphatic hydroxyl groups is 1. The lowest BCUT2D eigenvalue weighted by atomic mass is 10.0. The number of phenolic OH excluding ortho intramolecular Hbond substituents is 1. The molecular weight excluding hydrogens is 490 g/mol. The third-order valence-corrected chi connectivity index (χ3v) is 5.06. The second kappa shape index (κ2) is 14.4. The summed E-state index contributed by atoms with van der Waals surface area (Å²) in [5.41, 5.74) is 0.654. The summed E-state index contributed by atoms with van der Waals surface area (Å²) >= 11 is 0. The predicted molar refractivity (Wildman–Crippen MR) is 129 cm³/mol. The number of nitrogens with one attached hydrogen (secondary N) is 5. The number of aliphatic hydroxyl groups excluding tert-OH is 1. The minimum absolute atomic E-state index is 0.0394. The van der Waals surface area contributed by atoms with Gasteiger partial charge in [-0.2, -0.15) is 0 Å². The fourth-order valence-corrected chi connectivity index (χ4v) is 3.04. The standard InChI is InChI=1S/C23H33N5O9/c1-11(20(33)24-10-18(32)28-19(13(3)29)23(36)37)25-21(34)12(2)26-22(35)17(27-14(4)30)9-15-5-7-16(31)8-6-15/h5-8,11-13,17,19,29,31H,9-10H2,1-4H3,(H,24,33)(H,25,34)(H,26,35)(H,27,30)(H,28,32)(H,36,37)/t11-,12-,13+,17-,19-/m0/s1. The molecule has 1 aromatic rings. The Morgan fingerprint density at radius 3 is 1.86 bits per heavy atom. The van der Waals surface area contributed by atoms with Gasteiger partial charge in [0.05, 0.1) is 12.6 Å². The molecule has 5 amide bonds. The SMILES string of the molecule is CC(=O)N[C@@H](Cc1ccc(O)cc1)C(=O)N[C@@H](C)C(=O)N[C@@H](C)C(=O)NCC(=O)N[C@H](C(=O)O)[C@@H](C)O. The smallest absolute Gasteiger partial charge is 0.328 e. The van der Waals surface area contributed by atoms with Crippen LogP contribution in [0.1, 0.15) is 33.3 Å². The first-order valence-electron chi connectivity index (χ1n) is 11.3. The molecule has 204 valence electrons. The summed E-state index contributed by atoms with van der Waals surface area (Å²) in [4.78, 5) is 71.8. The second-order valence-corrected chi connectivity index (χ2v) is 8.43. The number of carbonyl (C=O) groups is 6. The second-order valence-electron chi connectivity index (χ2n) is 8.43. The van der Waals surface area contributed by atoms with Crippen LogP contribution in [0.2, 0.25) is 0 Å². The van der Waals surface area contributed by atoms with Crippen LogP contribution in [0.25, 0.3) is 0 Å². The first-order chi connectivity index (χ1) is 17.2. The molecule has 0 heterocycles. The minimum Gasteiger partial charge on any atom is -0.508 e. The molecule has 14 nitrogen and oxygen atoms in total. The van der Waals surface area contributed by atoms with Crippen LogP contribution >= 0.6 is 0 Å². The third-order valence-electron chi connectivity index (χ3n) is 5.06. The van der Waals surface area contributed by atoms with E-state index in [0.29, 0.717) is 5.56 Å². The van der Waals surface area contributed by atoms with Crippen LogP contribution in [0.5, 0.6) is 5.75 Å². The van der Waals surface area contributed by atoms with Crippen LogP contribution in [0.4, 0.5) is 0 Å². The number of amides is 5. The summed E-state index contributed by atoms with van der Waals surface area (Å²) in [5, 5.41) is 39.4. The molecular formula is C23H33N5O9. The largest absolute Gasteiger partial charge is 0.508 e. The van der Waals surface area contributed by atoms with Crippen molar-refractivity contribution in [3.63, 3.8) is 0 Å². The Labute approximate surface area is 213 Å². The van der Waals surface area contributed by atoms with Crippen molar-refractivity contribution >= 4 is 35.5 Å². The Hall–Kier alpha value is -4.20. The van der Waals surface area contributed by atoms with Crippen molar-refractivity contribution in [2.75, 3.05) is 6.54 Å². The van der Waals surface area contributed by atoms with E-state index in [1.54, 1.807) is 12.1 Å². The molecule has 0 aromatic heterocycles. The maximum absolute atomic E-state index is 12.7. The summed E-state index contributed by atoms with van der Waals surface area (Å²) in [6.07, 6.45) is -1.27. The maximum Gasteiger partial charge on any atom is 0.328 e. The molecule has 0 aliphatic rings. The van der Waals surface area contributed by atoms with Gasteiger partial charge in [0.15, 0.2) is 6.04 Å². The van der Waals surface area contributed by atoms with Gasteiger partial charge in [-0.05, 0) is 38.5 Å². The van der Waals surface area contributed by atoms with Crippen molar-refractivity contribution in [2.24, 2.45) is 0 Å². The Morgan fingerprint density at radius 1 is 0.811 bits per heavy atom. The average Bonchev–Trinajstić information content (AvgIpc) is 2.80. The monoisotopic (exact) mass is 523 g/mol. The van der Waals surface area contributed by atoms with Gasteiger partial charge in [0.2, 0.25) is 29.5 Å². The first-order valence-corrected chi connectivity index (χ1v) is 11.3. The summed E-state index contributed by atoms with van der Waals surface area (Å²) in [7, 11) is 0. The molecule has 5 atom stereocenters. The van der Waals surface area contributed by atoms with Gasteiger partial charge in [0, 0.05) is 13.3 Å². The average molecular weight is 524 g/mol. The fraction of sp³-hybridized carbons (Fsp3) is 0.478. The highest BCUT2D eigenvalue weighted by molar-refractivity contribution is 5.95. The number of hydrogen-bond acceptors (Lipinski definition) is 8. The highest BCUT2D eigenvalue weighted by Crippen LogP contribution is 2.11. The molecule has 0 bridgehead atoms. The molecule has 1 rings (SSSR count). The number of carboxylic acid groups (broad SMARTS) is 1. The van der Waals surface area contributed by atoms with E-state index in [9.17, 15) is 39.0 Å². The van der Waals surface area contributed by atoms with E-state index in [4.69, 9.17) is 5.11 Å². The molecule has 0 fully saturated rings. The van der Waals surface area contributed by atoms with E-state index in [0.717, 1.165) is 0 Å². The van der Waals surface area contributed by atoms with E-state index < -0.39 is 72.3 Å². The van der Waals surface area contributed by atoms with E-state index in [1.165, 1.54) is 39.8 Å². The Bertz CT molecular complexity index is 997. The van der Waals surface area contributed by atoms with Gasteiger partial charge in [-0.3, -0.25) is 24.0 Å². The lowest BCUT2D eigenvalue weighted by molar-refractivity contribution is -0.144. The molecule has 0 aliphatic carbocycles. The number of rotatable bonds is 13. The highest BCUT2D eigenvalue weighted by atomic mass is 16.4. The Kier molecular flexibility index (Phi) is 12.0. The zero-order valence-electron chi connectivity index (χ0n) is 20.9. The van der Waals surface area contributed by atoms with Crippen LogP contribution < -0.4 is 26.6 Å². The topological polar surface area (TPSA) is 223 Å². The summed E-state index contributed by atoms with van der Waals surface area (Å²) in [6, 6.07) is 1.26. The zero-order chi connectivity index (χ0) is 28.3.